The van der Waals surface area contributed by atoms with Gasteiger partial charge in [-0.3, -0.25) is 9.59 Å². The van der Waals surface area contributed by atoms with Crippen molar-refractivity contribution in [3.63, 3.8) is 0 Å². The van der Waals surface area contributed by atoms with E-state index in [1.165, 1.54) is 6.07 Å². The molecule has 188 valence electrons. The summed E-state index contributed by atoms with van der Waals surface area (Å²) in [6, 6.07) is 12.2. The van der Waals surface area contributed by atoms with Gasteiger partial charge in [-0.2, -0.15) is 0 Å². The van der Waals surface area contributed by atoms with E-state index in [0.29, 0.717) is 39.8 Å². The molecule has 0 unspecified atom stereocenters. The van der Waals surface area contributed by atoms with E-state index in [9.17, 15) is 14.0 Å². The summed E-state index contributed by atoms with van der Waals surface area (Å²) < 4.78 is 20.6. The number of carbonyl (C=O) groups is 2. The van der Waals surface area contributed by atoms with Gasteiger partial charge in [-0.25, -0.2) is 4.39 Å². The lowest BCUT2D eigenvalue weighted by atomic mass is 9.64. The zero-order valence-corrected chi connectivity index (χ0v) is 22.7. The van der Waals surface area contributed by atoms with Crippen LogP contribution in [0.15, 0.2) is 69.5 Å². The van der Waals surface area contributed by atoms with Gasteiger partial charge >= 0.3 is 0 Å². The van der Waals surface area contributed by atoms with Crippen LogP contribution in [0.2, 0.25) is 0 Å². The molecule has 2 aliphatic carbocycles. The molecule has 0 spiro atoms. The van der Waals surface area contributed by atoms with Crippen LogP contribution in [0, 0.1) is 16.6 Å². The molecule has 0 aromatic heterocycles. The average Bonchev–Trinajstić information content (AvgIpc) is 2.76. The van der Waals surface area contributed by atoms with Gasteiger partial charge in [-0.1, -0.05) is 52.0 Å². The van der Waals surface area contributed by atoms with Gasteiger partial charge in [0, 0.05) is 46.9 Å². The van der Waals surface area contributed by atoms with Crippen molar-refractivity contribution in [2.45, 2.75) is 65.9 Å². The molecule has 0 fully saturated rings. The predicted molar refractivity (Wildman–Crippen MR) is 141 cm³/mol. The Morgan fingerprint density at radius 1 is 0.917 bits per heavy atom. The van der Waals surface area contributed by atoms with Crippen LogP contribution < -0.4 is 10.1 Å². The highest BCUT2D eigenvalue weighted by atomic mass is 79.9. The quantitative estimate of drug-likeness (QED) is 0.438. The van der Waals surface area contributed by atoms with Crippen LogP contribution >= 0.6 is 15.9 Å². The minimum Gasteiger partial charge on any atom is -0.488 e. The minimum absolute atomic E-state index is 0.0962. The fraction of sp³-hybridized carbons (Fsp3) is 0.400. The molecule has 0 radical (unpaired) electrons. The van der Waals surface area contributed by atoms with Crippen molar-refractivity contribution in [2.24, 2.45) is 10.8 Å². The van der Waals surface area contributed by atoms with Crippen LogP contribution in [0.3, 0.4) is 0 Å². The first-order valence-corrected chi connectivity index (χ1v) is 13.2. The highest BCUT2D eigenvalue weighted by Gasteiger charge is 2.46. The van der Waals surface area contributed by atoms with Crippen LogP contribution in [0.25, 0.3) is 0 Å². The van der Waals surface area contributed by atoms with Crippen molar-refractivity contribution in [1.29, 1.82) is 0 Å². The summed E-state index contributed by atoms with van der Waals surface area (Å²) >= 11 is 3.61. The molecule has 0 saturated carbocycles. The van der Waals surface area contributed by atoms with Crippen LogP contribution in [0.1, 0.15) is 70.4 Å². The molecule has 6 heteroatoms. The standard InChI is InChI=1S/C30H31BrFNO3/c1-29(2)12-21-27(23(34)14-29)26(28-22(33-21)13-30(3,4)15-24(28)35)17-9-10-25(19(31)11-17)36-16-18-7-5-6-8-20(18)32/h5-11,26,33H,12-16H2,1-4H3. The maximum Gasteiger partial charge on any atom is 0.162 e. The maximum atomic E-state index is 14.0. The summed E-state index contributed by atoms with van der Waals surface area (Å²) in [7, 11) is 0. The average molecular weight is 552 g/mol. The Hall–Kier alpha value is -2.73. The third kappa shape index (κ3) is 4.68. The smallest absolute Gasteiger partial charge is 0.162 e. The lowest BCUT2D eigenvalue weighted by molar-refractivity contribution is -0.119. The van der Waals surface area contributed by atoms with Crippen LogP contribution in [0.5, 0.6) is 5.75 Å². The molecule has 0 atom stereocenters. The number of allylic oxidation sites excluding steroid dienone is 4. The molecule has 3 aliphatic rings. The molecule has 1 aliphatic heterocycles. The van der Waals surface area contributed by atoms with E-state index < -0.39 is 5.92 Å². The molecule has 1 N–H and O–H groups in total. The Morgan fingerprint density at radius 2 is 1.50 bits per heavy atom. The second-order valence-electron chi connectivity index (χ2n) is 11.8. The summed E-state index contributed by atoms with van der Waals surface area (Å²) in [6.45, 7) is 8.56. The largest absolute Gasteiger partial charge is 0.488 e. The first kappa shape index (κ1) is 24.9. The molecular formula is C30H31BrFNO3. The highest BCUT2D eigenvalue weighted by Crippen LogP contribution is 2.51. The van der Waals surface area contributed by atoms with Gasteiger partial charge in [0.2, 0.25) is 0 Å². The summed E-state index contributed by atoms with van der Waals surface area (Å²) in [4.78, 5) is 27.0. The Kier molecular flexibility index (Phi) is 6.22. The first-order chi connectivity index (χ1) is 16.9. The first-order valence-electron chi connectivity index (χ1n) is 12.4. The molecule has 2 aromatic rings. The molecular weight excluding hydrogens is 521 g/mol. The number of ketones is 2. The molecule has 36 heavy (non-hydrogen) atoms. The summed E-state index contributed by atoms with van der Waals surface area (Å²) in [5, 5.41) is 3.54. The Morgan fingerprint density at radius 3 is 2.06 bits per heavy atom. The SMILES string of the molecule is CC1(C)CC(=O)C2=C(C1)NC1=C(C(=O)CC(C)(C)C1)C2c1ccc(OCc2ccccc2F)c(Br)c1. The molecule has 4 nitrogen and oxygen atoms in total. The number of halogens is 2. The number of ether oxygens (including phenoxy) is 1. The van der Waals surface area contributed by atoms with Gasteiger partial charge in [0.25, 0.3) is 0 Å². The number of rotatable bonds is 4. The molecule has 0 bridgehead atoms. The van der Waals surface area contributed by atoms with E-state index in [0.717, 1.165) is 29.8 Å². The number of nitrogens with one attached hydrogen (secondary N) is 1. The van der Waals surface area contributed by atoms with Gasteiger partial charge in [0.1, 0.15) is 18.2 Å². The second kappa shape index (κ2) is 8.98. The van der Waals surface area contributed by atoms with Gasteiger partial charge in [0.15, 0.2) is 11.6 Å². The maximum absolute atomic E-state index is 14.0. The van der Waals surface area contributed by atoms with E-state index in [1.54, 1.807) is 18.2 Å². The number of hydrogen-bond donors (Lipinski definition) is 1. The second-order valence-corrected chi connectivity index (χ2v) is 12.6. The molecule has 1 heterocycles. The van der Waals surface area contributed by atoms with Gasteiger partial charge in [-0.05, 0) is 63.4 Å². The molecule has 5 rings (SSSR count). The lowest BCUT2D eigenvalue weighted by Gasteiger charge is -2.44. The Bertz CT molecular complexity index is 1290. The molecule has 0 saturated heterocycles. The van der Waals surface area contributed by atoms with Crippen LogP contribution in [-0.4, -0.2) is 11.6 Å². The monoisotopic (exact) mass is 551 g/mol. The van der Waals surface area contributed by atoms with Crippen molar-refractivity contribution < 1.29 is 18.7 Å². The fourth-order valence-corrected chi connectivity index (χ4v) is 6.32. The van der Waals surface area contributed by atoms with Crippen molar-refractivity contribution in [3.8, 4) is 5.75 Å². The molecule has 2 aromatic carbocycles. The van der Waals surface area contributed by atoms with Crippen molar-refractivity contribution in [2.75, 3.05) is 0 Å². The van der Waals surface area contributed by atoms with E-state index in [-0.39, 0.29) is 34.8 Å². The summed E-state index contributed by atoms with van der Waals surface area (Å²) in [6.07, 6.45) is 2.44. The zero-order chi connectivity index (χ0) is 25.8. The number of benzene rings is 2. The number of dihydropyridines is 1. The Balaban J connectivity index is 1.54. The molecule has 0 amide bonds. The van der Waals surface area contributed by atoms with E-state index in [2.05, 4.69) is 48.9 Å². The van der Waals surface area contributed by atoms with E-state index in [4.69, 9.17) is 4.74 Å². The van der Waals surface area contributed by atoms with Gasteiger partial charge < -0.3 is 10.1 Å². The van der Waals surface area contributed by atoms with E-state index in [1.807, 2.05) is 18.2 Å². The van der Waals surface area contributed by atoms with Gasteiger partial charge in [-0.15, -0.1) is 0 Å². The fourth-order valence-electron chi connectivity index (χ4n) is 5.81. The zero-order valence-electron chi connectivity index (χ0n) is 21.1. The van der Waals surface area contributed by atoms with Crippen LogP contribution in [-0.2, 0) is 16.2 Å². The topological polar surface area (TPSA) is 55.4 Å². The van der Waals surface area contributed by atoms with Crippen molar-refractivity contribution >= 4 is 27.5 Å². The van der Waals surface area contributed by atoms with Gasteiger partial charge in [0.05, 0.1) is 4.47 Å². The normalized spacial score (nSPS) is 21.2. The summed E-state index contributed by atoms with van der Waals surface area (Å²) in [5.74, 6) is 0.0566. The minimum atomic E-state index is -0.402. The number of carbonyl (C=O) groups excluding carboxylic acids is 2. The number of Topliss-reactive ketones (excluding diaryl/α,β-unsaturated/α-hetero) is 2. The van der Waals surface area contributed by atoms with E-state index >= 15 is 0 Å². The number of hydrogen-bond acceptors (Lipinski definition) is 4. The van der Waals surface area contributed by atoms with Crippen LogP contribution in [0.4, 0.5) is 4.39 Å². The Labute approximate surface area is 220 Å². The lowest BCUT2D eigenvalue weighted by Crippen LogP contribution is -2.42. The predicted octanol–water partition coefficient (Wildman–Crippen LogP) is 7.14. The third-order valence-electron chi connectivity index (χ3n) is 7.35. The highest BCUT2D eigenvalue weighted by molar-refractivity contribution is 9.10. The third-order valence-corrected chi connectivity index (χ3v) is 7.97. The van der Waals surface area contributed by atoms with Crippen molar-refractivity contribution in [1.82, 2.24) is 5.32 Å². The summed E-state index contributed by atoms with van der Waals surface area (Å²) in [5.41, 5.74) is 4.41. The van der Waals surface area contributed by atoms with Crippen molar-refractivity contribution in [3.05, 3.63) is 86.4 Å².